The molecule has 13 heavy (non-hydrogen) atoms. The van der Waals surface area contributed by atoms with Gasteiger partial charge in [-0.25, -0.2) is 0 Å². The number of carbonyl (C=O) groups excluding carboxylic acids is 1. The lowest BCUT2D eigenvalue weighted by molar-refractivity contribution is -0.145. The first-order chi connectivity index (χ1) is 6.06. The van der Waals surface area contributed by atoms with Crippen molar-refractivity contribution in [2.75, 3.05) is 6.61 Å². The third-order valence-electron chi connectivity index (χ3n) is 1.64. The van der Waals surface area contributed by atoms with Crippen LogP contribution >= 0.6 is 0 Å². The molecule has 0 spiro atoms. The summed E-state index contributed by atoms with van der Waals surface area (Å²) in [5, 5.41) is 0. The zero-order chi connectivity index (χ0) is 9.90. The van der Waals surface area contributed by atoms with Gasteiger partial charge in [-0.2, -0.15) is 8.42 Å². The summed E-state index contributed by atoms with van der Waals surface area (Å²) in [5.41, 5.74) is -1.09. The van der Waals surface area contributed by atoms with Gasteiger partial charge in [-0.05, 0) is 6.42 Å². The van der Waals surface area contributed by atoms with E-state index in [1.165, 1.54) is 0 Å². The van der Waals surface area contributed by atoms with E-state index < -0.39 is 21.5 Å². The molecule has 1 unspecified atom stereocenters. The Morgan fingerprint density at radius 2 is 2.31 bits per heavy atom. The standard InChI is InChI=1S/C7H12O5S/c1-2-3-6(8)12-7-4-5-11-13(7,9)10/h7H,2-5H2,1H3. The molecule has 5 nitrogen and oxygen atoms in total. The molecule has 1 aliphatic rings. The quantitative estimate of drug-likeness (QED) is 0.496. The number of esters is 1. The van der Waals surface area contributed by atoms with Crippen molar-refractivity contribution in [3.8, 4) is 0 Å². The summed E-state index contributed by atoms with van der Waals surface area (Å²) >= 11 is 0. The molecule has 1 atom stereocenters. The lowest BCUT2D eigenvalue weighted by Gasteiger charge is -2.08. The van der Waals surface area contributed by atoms with Crippen LogP contribution in [0, 0.1) is 0 Å². The number of rotatable bonds is 3. The highest BCUT2D eigenvalue weighted by atomic mass is 32.2. The lowest BCUT2D eigenvalue weighted by Crippen LogP contribution is -2.22. The van der Waals surface area contributed by atoms with Crippen molar-refractivity contribution in [2.45, 2.75) is 31.6 Å². The first kappa shape index (κ1) is 10.5. The lowest BCUT2D eigenvalue weighted by atomic mass is 10.3. The van der Waals surface area contributed by atoms with Crippen LogP contribution < -0.4 is 0 Å². The molecule has 1 heterocycles. The third kappa shape index (κ3) is 2.67. The minimum atomic E-state index is -3.64. The SMILES string of the molecule is CCCC(=O)OC1CCOS1(=O)=O. The number of hydrogen-bond acceptors (Lipinski definition) is 5. The molecule has 0 bridgehead atoms. The van der Waals surface area contributed by atoms with Crippen molar-refractivity contribution in [3.63, 3.8) is 0 Å². The molecular weight excluding hydrogens is 196 g/mol. The van der Waals surface area contributed by atoms with Crippen LogP contribution in [-0.4, -0.2) is 26.4 Å². The van der Waals surface area contributed by atoms with Gasteiger partial charge in [0.05, 0.1) is 6.61 Å². The minimum Gasteiger partial charge on any atom is -0.443 e. The van der Waals surface area contributed by atoms with Gasteiger partial charge >= 0.3 is 16.1 Å². The van der Waals surface area contributed by atoms with Crippen LogP contribution in [0.1, 0.15) is 26.2 Å². The van der Waals surface area contributed by atoms with E-state index in [0.29, 0.717) is 6.42 Å². The van der Waals surface area contributed by atoms with E-state index >= 15 is 0 Å². The molecule has 76 valence electrons. The number of carbonyl (C=O) groups is 1. The second kappa shape index (κ2) is 4.06. The van der Waals surface area contributed by atoms with Gasteiger partial charge in [-0.3, -0.25) is 8.98 Å². The number of hydrogen-bond donors (Lipinski definition) is 0. The van der Waals surface area contributed by atoms with Gasteiger partial charge < -0.3 is 4.74 Å². The Bertz CT molecular complexity index is 281. The molecule has 0 amide bonds. The van der Waals surface area contributed by atoms with Gasteiger partial charge in [0.1, 0.15) is 0 Å². The van der Waals surface area contributed by atoms with E-state index in [1.54, 1.807) is 0 Å². The largest absolute Gasteiger partial charge is 0.443 e. The molecule has 1 fully saturated rings. The molecule has 0 aromatic heterocycles. The van der Waals surface area contributed by atoms with E-state index in [1.807, 2.05) is 6.92 Å². The first-order valence-electron chi connectivity index (χ1n) is 4.14. The summed E-state index contributed by atoms with van der Waals surface area (Å²) in [4.78, 5) is 10.9. The Balaban J connectivity index is 2.50. The summed E-state index contributed by atoms with van der Waals surface area (Å²) < 4.78 is 31.1. The molecule has 0 radical (unpaired) electrons. The van der Waals surface area contributed by atoms with Gasteiger partial charge in [0, 0.05) is 12.8 Å². The predicted octanol–water partition coefficient (Wildman–Crippen LogP) is 0.406. The molecule has 1 saturated heterocycles. The molecular formula is C7H12O5S. The Hall–Kier alpha value is -0.620. The zero-order valence-corrected chi connectivity index (χ0v) is 8.17. The van der Waals surface area contributed by atoms with Crippen LogP contribution in [0.25, 0.3) is 0 Å². The van der Waals surface area contributed by atoms with E-state index in [9.17, 15) is 13.2 Å². The Morgan fingerprint density at radius 1 is 1.62 bits per heavy atom. The van der Waals surface area contributed by atoms with E-state index in [0.717, 1.165) is 0 Å². The van der Waals surface area contributed by atoms with Gasteiger partial charge in [0.25, 0.3) is 0 Å². The van der Waals surface area contributed by atoms with Crippen LogP contribution in [0.2, 0.25) is 0 Å². The Kier molecular flexibility index (Phi) is 3.27. The molecule has 0 N–H and O–H groups in total. The molecule has 1 aliphatic heterocycles. The molecule has 6 heteroatoms. The fourth-order valence-electron chi connectivity index (χ4n) is 1.01. The van der Waals surface area contributed by atoms with Crippen molar-refractivity contribution in [2.24, 2.45) is 0 Å². The monoisotopic (exact) mass is 208 g/mol. The van der Waals surface area contributed by atoms with Gasteiger partial charge in [0.2, 0.25) is 5.44 Å². The van der Waals surface area contributed by atoms with Crippen molar-refractivity contribution in [1.29, 1.82) is 0 Å². The van der Waals surface area contributed by atoms with Crippen LogP contribution in [0.3, 0.4) is 0 Å². The highest BCUT2D eigenvalue weighted by molar-refractivity contribution is 7.87. The van der Waals surface area contributed by atoms with Gasteiger partial charge in [0.15, 0.2) is 0 Å². The molecule has 0 aromatic rings. The maximum Gasteiger partial charge on any atom is 0.307 e. The molecule has 0 aliphatic carbocycles. The van der Waals surface area contributed by atoms with Crippen LogP contribution in [-0.2, 0) is 23.8 Å². The van der Waals surface area contributed by atoms with Crippen LogP contribution in [0.4, 0.5) is 0 Å². The summed E-state index contributed by atoms with van der Waals surface area (Å²) in [5.74, 6) is -0.485. The minimum absolute atomic E-state index is 0.104. The van der Waals surface area contributed by atoms with Crippen molar-refractivity contribution < 1.29 is 22.1 Å². The van der Waals surface area contributed by atoms with Crippen LogP contribution in [0.5, 0.6) is 0 Å². The topological polar surface area (TPSA) is 69.7 Å². The fourth-order valence-corrected chi connectivity index (χ4v) is 2.10. The highest BCUT2D eigenvalue weighted by Crippen LogP contribution is 2.19. The smallest absolute Gasteiger partial charge is 0.307 e. The summed E-state index contributed by atoms with van der Waals surface area (Å²) in [7, 11) is -3.64. The molecule has 0 saturated carbocycles. The van der Waals surface area contributed by atoms with Crippen molar-refractivity contribution in [1.82, 2.24) is 0 Å². The fraction of sp³-hybridized carbons (Fsp3) is 0.857. The predicted molar refractivity (Wildman–Crippen MR) is 44.3 cm³/mol. The average Bonchev–Trinajstić information content (AvgIpc) is 2.31. The second-order valence-corrected chi connectivity index (χ2v) is 4.52. The third-order valence-corrected chi connectivity index (χ3v) is 3.11. The average molecular weight is 208 g/mol. The van der Waals surface area contributed by atoms with E-state index in [4.69, 9.17) is 4.74 Å². The summed E-state index contributed by atoms with van der Waals surface area (Å²) in [6, 6.07) is 0. The second-order valence-electron chi connectivity index (χ2n) is 2.77. The highest BCUT2D eigenvalue weighted by Gasteiger charge is 2.35. The molecule has 1 rings (SSSR count). The maximum absolute atomic E-state index is 11.0. The molecule has 0 aromatic carbocycles. The van der Waals surface area contributed by atoms with Crippen LogP contribution in [0.15, 0.2) is 0 Å². The zero-order valence-electron chi connectivity index (χ0n) is 7.36. The maximum atomic E-state index is 11.0. The summed E-state index contributed by atoms with van der Waals surface area (Å²) in [6.07, 6.45) is 1.12. The Labute approximate surface area is 77.1 Å². The first-order valence-corrected chi connectivity index (χ1v) is 5.61. The number of ether oxygens (including phenoxy) is 1. The van der Waals surface area contributed by atoms with E-state index in [2.05, 4.69) is 4.18 Å². The Morgan fingerprint density at radius 3 is 2.77 bits per heavy atom. The summed E-state index contributed by atoms with van der Waals surface area (Å²) in [6.45, 7) is 1.92. The van der Waals surface area contributed by atoms with Gasteiger partial charge in [-0.1, -0.05) is 6.92 Å². The van der Waals surface area contributed by atoms with Crippen molar-refractivity contribution in [3.05, 3.63) is 0 Å². The van der Waals surface area contributed by atoms with E-state index in [-0.39, 0.29) is 19.4 Å². The normalized spacial score (nSPS) is 25.8. The van der Waals surface area contributed by atoms with Crippen molar-refractivity contribution >= 4 is 16.1 Å². The van der Waals surface area contributed by atoms with Gasteiger partial charge in [-0.15, -0.1) is 0 Å².